The van der Waals surface area contributed by atoms with Gasteiger partial charge in [-0.05, 0) is 48.1 Å². The second kappa shape index (κ2) is 11.2. The summed E-state index contributed by atoms with van der Waals surface area (Å²) in [5.41, 5.74) is 2.86. The quantitative estimate of drug-likeness (QED) is 0.321. The van der Waals surface area contributed by atoms with Crippen molar-refractivity contribution in [3.8, 4) is 5.88 Å². The standard InChI is InChI=1S/C28H33BrN4O3/c1-3-5-19(4-2)23-13-27(34)33(25-14-30-10-8-21(23)25)15-26-31-24-12-20(29)6-7-22(24)28(32-26)36-17-18-9-11-35-16-18/h6-8,10,12,14,18-19,23H,3-5,9,11,13,15-17H2,1-2H3. The Balaban J connectivity index is 1.47. The highest BCUT2D eigenvalue weighted by Gasteiger charge is 2.35. The van der Waals surface area contributed by atoms with Crippen LogP contribution >= 0.6 is 15.9 Å². The molecule has 1 amide bonds. The molecule has 190 valence electrons. The molecule has 2 aliphatic rings. The van der Waals surface area contributed by atoms with E-state index in [1.54, 1.807) is 4.90 Å². The number of halogens is 1. The van der Waals surface area contributed by atoms with Crippen LogP contribution in [0.15, 0.2) is 41.1 Å². The lowest BCUT2D eigenvalue weighted by Crippen LogP contribution is -2.38. The third-order valence-corrected chi connectivity index (χ3v) is 7.91. The zero-order valence-electron chi connectivity index (χ0n) is 21.0. The van der Waals surface area contributed by atoms with Gasteiger partial charge < -0.3 is 14.4 Å². The van der Waals surface area contributed by atoms with Gasteiger partial charge in [0.15, 0.2) is 5.82 Å². The first kappa shape index (κ1) is 25.1. The molecule has 8 heteroatoms. The van der Waals surface area contributed by atoms with Gasteiger partial charge in [-0.2, -0.15) is 4.98 Å². The summed E-state index contributed by atoms with van der Waals surface area (Å²) in [5, 5.41) is 0.860. The van der Waals surface area contributed by atoms with Crippen LogP contribution in [-0.4, -0.2) is 40.7 Å². The van der Waals surface area contributed by atoms with Gasteiger partial charge in [-0.1, -0.05) is 49.0 Å². The van der Waals surface area contributed by atoms with Gasteiger partial charge in [-0.15, -0.1) is 0 Å². The topological polar surface area (TPSA) is 77.4 Å². The fourth-order valence-electron chi connectivity index (χ4n) is 5.49. The summed E-state index contributed by atoms with van der Waals surface area (Å²) in [5.74, 6) is 2.27. The number of hydrogen-bond acceptors (Lipinski definition) is 6. The molecule has 1 saturated heterocycles. The third-order valence-electron chi connectivity index (χ3n) is 7.42. The number of rotatable bonds is 9. The van der Waals surface area contributed by atoms with Crippen LogP contribution in [0.25, 0.3) is 10.9 Å². The average Bonchev–Trinajstić information content (AvgIpc) is 3.41. The number of amides is 1. The van der Waals surface area contributed by atoms with Crippen molar-refractivity contribution in [2.75, 3.05) is 24.7 Å². The number of aromatic nitrogens is 3. The van der Waals surface area contributed by atoms with E-state index in [4.69, 9.17) is 19.4 Å². The van der Waals surface area contributed by atoms with Crippen LogP contribution in [0.4, 0.5) is 5.69 Å². The number of hydrogen-bond donors (Lipinski definition) is 0. The van der Waals surface area contributed by atoms with Crippen molar-refractivity contribution in [3.05, 3.63) is 52.5 Å². The molecule has 3 atom stereocenters. The van der Waals surface area contributed by atoms with Crippen LogP contribution in [0.1, 0.15) is 63.3 Å². The monoisotopic (exact) mass is 552 g/mol. The molecular weight excluding hydrogens is 520 g/mol. The summed E-state index contributed by atoms with van der Waals surface area (Å²) in [7, 11) is 0. The number of pyridine rings is 1. The van der Waals surface area contributed by atoms with Crippen LogP contribution in [-0.2, 0) is 16.1 Å². The molecule has 36 heavy (non-hydrogen) atoms. The van der Waals surface area contributed by atoms with Gasteiger partial charge in [-0.3, -0.25) is 9.78 Å². The summed E-state index contributed by atoms with van der Waals surface area (Å²) in [6.07, 6.45) is 8.43. The number of benzene rings is 1. The maximum atomic E-state index is 13.5. The molecule has 5 rings (SSSR count). The van der Waals surface area contributed by atoms with Gasteiger partial charge in [-0.25, -0.2) is 4.98 Å². The number of carbonyl (C=O) groups excluding carboxylic acids is 1. The zero-order chi connectivity index (χ0) is 25.1. The summed E-state index contributed by atoms with van der Waals surface area (Å²) in [6, 6.07) is 7.98. The van der Waals surface area contributed by atoms with E-state index >= 15 is 0 Å². The Morgan fingerprint density at radius 3 is 2.92 bits per heavy atom. The van der Waals surface area contributed by atoms with E-state index in [-0.39, 0.29) is 18.4 Å². The predicted octanol–water partition coefficient (Wildman–Crippen LogP) is 6.05. The lowest BCUT2D eigenvalue weighted by molar-refractivity contribution is -0.119. The Labute approximate surface area is 220 Å². The molecule has 0 bridgehead atoms. The maximum Gasteiger partial charge on any atom is 0.228 e. The first-order valence-electron chi connectivity index (χ1n) is 13.0. The van der Waals surface area contributed by atoms with Gasteiger partial charge in [0.2, 0.25) is 11.8 Å². The minimum Gasteiger partial charge on any atom is -0.477 e. The van der Waals surface area contributed by atoms with Gasteiger partial charge >= 0.3 is 0 Å². The summed E-state index contributed by atoms with van der Waals surface area (Å²) >= 11 is 3.55. The van der Waals surface area contributed by atoms with E-state index in [1.165, 1.54) is 5.56 Å². The molecular formula is C28H33BrN4O3. The van der Waals surface area contributed by atoms with Crippen molar-refractivity contribution in [3.63, 3.8) is 0 Å². The Morgan fingerprint density at radius 2 is 2.14 bits per heavy atom. The molecule has 1 fully saturated rings. The second-order valence-electron chi connectivity index (χ2n) is 9.83. The van der Waals surface area contributed by atoms with Gasteiger partial charge in [0, 0.05) is 29.6 Å². The summed E-state index contributed by atoms with van der Waals surface area (Å²) < 4.78 is 12.6. The largest absolute Gasteiger partial charge is 0.477 e. The highest BCUT2D eigenvalue weighted by atomic mass is 79.9. The zero-order valence-corrected chi connectivity index (χ0v) is 22.5. The molecule has 0 aliphatic carbocycles. The SMILES string of the molecule is CCCC(CC)C1CC(=O)N(Cc2nc(OCC3CCOC3)c3ccc(Br)cc3n2)c2cnccc21. The lowest BCUT2D eigenvalue weighted by Gasteiger charge is -2.37. The minimum absolute atomic E-state index is 0.0959. The van der Waals surface area contributed by atoms with Crippen LogP contribution in [0, 0.1) is 11.8 Å². The average molecular weight is 554 g/mol. The first-order chi connectivity index (χ1) is 17.6. The molecule has 3 unspecified atom stereocenters. The molecule has 7 nitrogen and oxygen atoms in total. The fourth-order valence-corrected chi connectivity index (χ4v) is 5.84. The maximum absolute atomic E-state index is 13.5. The number of ether oxygens (including phenoxy) is 2. The van der Waals surface area contributed by atoms with Crippen LogP contribution < -0.4 is 9.64 Å². The molecule has 3 aromatic rings. The first-order valence-corrected chi connectivity index (χ1v) is 13.8. The number of fused-ring (bicyclic) bond motifs is 2. The highest BCUT2D eigenvalue weighted by molar-refractivity contribution is 9.10. The van der Waals surface area contributed by atoms with E-state index < -0.39 is 0 Å². The molecule has 1 aromatic carbocycles. The molecule has 0 spiro atoms. The Hall–Kier alpha value is -2.58. The summed E-state index contributed by atoms with van der Waals surface area (Å²) in [6.45, 7) is 6.75. The number of carbonyl (C=O) groups is 1. The van der Waals surface area contributed by atoms with Crippen molar-refractivity contribution in [1.82, 2.24) is 15.0 Å². The Morgan fingerprint density at radius 1 is 1.25 bits per heavy atom. The van der Waals surface area contributed by atoms with Gasteiger partial charge in [0.1, 0.15) is 0 Å². The van der Waals surface area contributed by atoms with Crippen molar-refractivity contribution in [2.45, 2.75) is 58.4 Å². The molecule has 0 saturated carbocycles. The van der Waals surface area contributed by atoms with Crippen LogP contribution in [0.5, 0.6) is 5.88 Å². The molecule has 4 heterocycles. The molecule has 2 aromatic heterocycles. The molecule has 0 N–H and O–H groups in total. The number of nitrogens with zero attached hydrogens (tertiary/aromatic N) is 4. The molecule has 2 aliphatic heterocycles. The Kier molecular flexibility index (Phi) is 7.82. The van der Waals surface area contributed by atoms with E-state index in [0.29, 0.717) is 43.2 Å². The highest BCUT2D eigenvalue weighted by Crippen LogP contribution is 2.43. The van der Waals surface area contributed by atoms with Gasteiger partial charge in [0.05, 0.1) is 42.5 Å². The van der Waals surface area contributed by atoms with Crippen molar-refractivity contribution in [1.29, 1.82) is 0 Å². The third kappa shape index (κ3) is 5.25. The van der Waals surface area contributed by atoms with E-state index in [0.717, 1.165) is 53.4 Å². The van der Waals surface area contributed by atoms with Crippen LogP contribution in [0.3, 0.4) is 0 Å². The lowest BCUT2D eigenvalue weighted by atomic mass is 9.77. The number of anilines is 1. The molecule has 0 radical (unpaired) electrons. The summed E-state index contributed by atoms with van der Waals surface area (Å²) in [4.78, 5) is 29.3. The predicted molar refractivity (Wildman–Crippen MR) is 143 cm³/mol. The second-order valence-corrected chi connectivity index (χ2v) is 10.7. The smallest absolute Gasteiger partial charge is 0.228 e. The van der Waals surface area contributed by atoms with Crippen LogP contribution in [0.2, 0.25) is 0 Å². The van der Waals surface area contributed by atoms with Crippen molar-refractivity contribution < 1.29 is 14.3 Å². The van der Waals surface area contributed by atoms with Gasteiger partial charge in [0.25, 0.3) is 0 Å². The minimum atomic E-state index is 0.0959. The van der Waals surface area contributed by atoms with Crippen molar-refractivity contribution >= 4 is 38.4 Å². The fraction of sp³-hybridized carbons (Fsp3) is 0.500. The van der Waals surface area contributed by atoms with E-state index in [1.807, 2.05) is 30.6 Å². The van der Waals surface area contributed by atoms with E-state index in [2.05, 4.69) is 40.8 Å². The normalized spacial score (nSPS) is 20.5. The van der Waals surface area contributed by atoms with Crippen molar-refractivity contribution in [2.24, 2.45) is 11.8 Å². The van der Waals surface area contributed by atoms with E-state index in [9.17, 15) is 4.79 Å². The Bertz CT molecular complexity index is 1230.